The van der Waals surface area contributed by atoms with Gasteiger partial charge in [-0.25, -0.2) is 0 Å². The van der Waals surface area contributed by atoms with E-state index >= 15 is 0 Å². The van der Waals surface area contributed by atoms with Crippen LogP contribution in [0.15, 0.2) is 0 Å². The van der Waals surface area contributed by atoms with Gasteiger partial charge in [-0.15, -0.1) is 10.2 Å². The highest BCUT2D eigenvalue weighted by atomic mass is 32.1. The maximum Gasteiger partial charge on any atom is 0.245 e. The predicted octanol–water partition coefficient (Wildman–Crippen LogP) is 0.776. The Labute approximate surface area is 86.7 Å². The fraction of sp³-hybridized carbons (Fsp3) is 0.625. The first-order valence-corrected chi connectivity index (χ1v) is 5.18. The SMILES string of the molecule is CCc1nnc(NC(=O)C(C)(C)N)s1. The molecule has 0 fully saturated rings. The monoisotopic (exact) mass is 214 g/mol. The summed E-state index contributed by atoms with van der Waals surface area (Å²) in [7, 11) is 0. The summed E-state index contributed by atoms with van der Waals surface area (Å²) in [5.74, 6) is -0.253. The van der Waals surface area contributed by atoms with Gasteiger partial charge in [0.1, 0.15) is 5.01 Å². The summed E-state index contributed by atoms with van der Waals surface area (Å²) in [5, 5.41) is 11.7. The van der Waals surface area contributed by atoms with Crippen molar-refractivity contribution in [1.29, 1.82) is 0 Å². The van der Waals surface area contributed by atoms with Crippen LogP contribution in [0, 0.1) is 0 Å². The molecule has 0 aromatic carbocycles. The number of aryl methyl sites for hydroxylation is 1. The average Bonchev–Trinajstić information content (AvgIpc) is 2.50. The molecule has 0 aliphatic carbocycles. The lowest BCUT2D eigenvalue weighted by atomic mass is 10.1. The number of anilines is 1. The highest BCUT2D eigenvalue weighted by Gasteiger charge is 2.22. The van der Waals surface area contributed by atoms with Gasteiger partial charge in [0.25, 0.3) is 0 Å². The molecule has 14 heavy (non-hydrogen) atoms. The molecule has 3 N–H and O–H groups in total. The van der Waals surface area contributed by atoms with Gasteiger partial charge in [-0.05, 0) is 20.3 Å². The molecular weight excluding hydrogens is 200 g/mol. The summed E-state index contributed by atoms with van der Waals surface area (Å²) in [6.45, 7) is 5.27. The quantitative estimate of drug-likeness (QED) is 0.779. The zero-order valence-electron chi connectivity index (χ0n) is 8.50. The number of carbonyl (C=O) groups excluding carboxylic acids is 1. The van der Waals surface area contributed by atoms with E-state index in [0.29, 0.717) is 5.13 Å². The third kappa shape index (κ3) is 2.74. The first kappa shape index (κ1) is 11.1. The van der Waals surface area contributed by atoms with Crippen molar-refractivity contribution in [3.63, 3.8) is 0 Å². The topological polar surface area (TPSA) is 80.9 Å². The molecule has 0 bridgehead atoms. The molecule has 6 heteroatoms. The van der Waals surface area contributed by atoms with Gasteiger partial charge in [-0.3, -0.25) is 10.1 Å². The van der Waals surface area contributed by atoms with Crippen LogP contribution in [0.25, 0.3) is 0 Å². The maximum atomic E-state index is 11.4. The molecule has 0 unspecified atom stereocenters. The Hall–Kier alpha value is -1.01. The van der Waals surface area contributed by atoms with Crippen LogP contribution < -0.4 is 11.1 Å². The minimum atomic E-state index is -0.891. The van der Waals surface area contributed by atoms with Crippen LogP contribution in [-0.4, -0.2) is 21.6 Å². The maximum absolute atomic E-state index is 11.4. The third-order valence-corrected chi connectivity index (χ3v) is 2.56. The highest BCUT2D eigenvalue weighted by molar-refractivity contribution is 7.15. The molecule has 1 heterocycles. The van der Waals surface area contributed by atoms with Crippen molar-refractivity contribution >= 4 is 22.4 Å². The van der Waals surface area contributed by atoms with Crippen molar-refractivity contribution in [2.75, 3.05) is 5.32 Å². The molecule has 0 aliphatic rings. The standard InChI is InChI=1S/C8H14N4OS/c1-4-5-11-12-7(14-5)10-6(13)8(2,3)9/h4,9H2,1-3H3,(H,10,12,13). The summed E-state index contributed by atoms with van der Waals surface area (Å²) >= 11 is 1.37. The van der Waals surface area contributed by atoms with E-state index in [9.17, 15) is 4.79 Å². The van der Waals surface area contributed by atoms with E-state index in [-0.39, 0.29) is 5.91 Å². The van der Waals surface area contributed by atoms with Gasteiger partial charge >= 0.3 is 0 Å². The molecule has 1 rings (SSSR count). The summed E-state index contributed by atoms with van der Waals surface area (Å²) in [4.78, 5) is 11.4. The molecule has 0 atom stereocenters. The van der Waals surface area contributed by atoms with Crippen molar-refractivity contribution in [1.82, 2.24) is 10.2 Å². The fourth-order valence-corrected chi connectivity index (χ4v) is 1.38. The van der Waals surface area contributed by atoms with Crippen LogP contribution >= 0.6 is 11.3 Å². The Morgan fingerprint density at radius 3 is 2.64 bits per heavy atom. The second-order valence-corrected chi connectivity index (χ2v) is 4.59. The average molecular weight is 214 g/mol. The van der Waals surface area contributed by atoms with Crippen molar-refractivity contribution in [2.45, 2.75) is 32.7 Å². The normalized spacial score (nSPS) is 11.4. The number of nitrogens with zero attached hydrogens (tertiary/aromatic N) is 2. The minimum absolute atomic E-state index is 0.253. The Balaban J connectivity index is 2.65. The lowest BCUT2D eigenvalue weighted by molar-refractivity contribution is -0.120. The molecule has 1 aromatic heterocycles. The molecule has 0 aliphatic heterocycles. The van der Waals surface area contributed by atoms with E-state index in [1.165, 1.54) is 11.3 Å². The number of nitrogens with one attached hydrogen (secondary N) is 1. The number of hydrogen-bond donors (Lipinski definition) is 2. The lowest BCUT2D eigenvalue weighted by Gasteiger charge is -2.15. The van der Waals surface area contributed by atoms with E-state index in [4.69, 9.17) is 5.73 Å². The van der Waals surface area contributed by atoms with Crippen LogP contribution in [0.5, 0.6) is 0 Å². The third-order valence-electron chi connectivity index (χ3n) is 1.57. The Morgan fingerprint density at radius 2 is 2.21 bits per heavy atom. The van der Waals surface area contributed by atoms with E-state index in [1.807, 2.05) is 6.92 Å². The van der Waals surface area contributed by atoms with Gasteiger partial charge < -0.3 is 5.73 Å². The molecule has 5 nitrogen and oxygen atoms in total. The second-order valence-electron chi connectivity index (χ2n) is 3.53. The van der Waals surface area contributed by atoms with Crippen molar-refractivity contribution in [3.8, 4) is 0 Å². The molecule has 1 amide bonds. The molecule has 0 radical (unpaired) electrons. The lowest BCUT2D eigenvalue weighted by Crippen LogP contribution is -2.45. The van der Waals surface area contributed by atoms with E-state index in [2.05, 4.69) is 15.5 Å². The molecule has 78 valence electrons. The molecule has 1 aromatic rings. The first-order chi connectivity index (χ1) is 6.43. The van der Waals surface area contributed by atoms with E-state index in [1.54, 1.807) is 13.8 Å². The number of carbonyl (C=O) groups is 1. The number of hydrogen-bond acceptors (Lipinski definition) is 5. The van der Waals surface area contributed by atoms with Crippen LogP contribution in [-0.2, 0) is 11.2 Å². The van der Waals surface area contributed by atoms with Gasteiger partial charge in [0.05, 0.1) is 5.54 Å². The van der Waals surface area contributed by atoms with Gasteiger partial charge in [-0.1, -0.05) is 18.3 Å². The molecule has 0 saturated carbocycles. The van der Waals surface area contributed by atoms with Crippen molar-refractivity contribution in [3.05, 3.63) is 5.01 Å². The van der Waals surface area contributed by atoms with Gasteiger partial charge in [0.15, 0.2) is 0 Å². The Morgan fingerprint density at radius 1 is 1.57 bits per heavy atom. The second kappa shape index (κ2) is 4.02. The summed E-state index contributed by atoms with van der Waals surface area (Å²) < 4.78 is 0. The van der Waals surface area contributed by atoms with Crippen LogP contribution in [0.3, 0.4) is 0 Å². The number of rotatable bonds is 3. The van der Waals surface area contributed by atoms with Gasteiger partial charge in [0.2, 0.25) is 11.0 Å². The number of aromatic nitrogens is 2. The zero-order chi connectivity index (χ0) is 10.8. The summed E-state index contributed by atoms with van der Waals surface area (Å²) in [6, 6.07) is 0. The summed E-state index contributed by atoms with van der Waals surface area (Å²) in [6.07, 6.45) is 0.819. The van der Waals surface area contributed by atoms with Gasteiger partial charge in [-0.2, -0.15) is 0 Å². The summed E-state index contributed by atoms with van der Waals surface area (Å²) in [5.41, 5.74) is 4.72. The Bertz CT molecular complexity index is 328. The van der Waals surface area contributed by atoms with Crippen molar-refractivity contribution in [2.24, 2.45) is 5.73 Å². The molecule has 0 spiro atoms. The molecular formula is C8H14N4OS. The van der Waals surface area contributed by atoms with Gasteiger partial charge in [0, 0.05) is 0 Å². The highest BCUT2D eigenvalue weighted by Crippen LogP contribution is 2.16. The van der Waals surface area contributed by atoms with Crippen LogP contribution in [0.1, 0.15) is 25.8 Å². The Kier molecular flexibility index (Phi) is 3.17. The first-order valence-electron chi connectivity index (χ1n) is 4.36. The number of nitrogens with two attached hydrogens (primary N) is 1. The fourth-order valence-electron chi connectivity index (χ4n) is 0.705. The zero-order valence-corrected chi connectivity index (χ0v) is 9.31. The van der Waals surface area contributed by atoms with E-state index in [0.717, 1.165) is 11.4 Å². The van der Waals surface area contributed by atoms with Crippen LogP contribution in [0.4, 0.5) is 5.13 Å². The smallest absolute Gasteiger partial charge is 0.245 e. The van der Waals surface area contributed by atoms with Crippen molar-refractivity contribution < 1.29 is 4.79 Å². The van der Waals surface area contributed by atoms with Crippen LogP contribution in [0.2, 0.25) is 0 Å². The largest absolute Gasteiger partial charge is 0.318 e. The van der Waals surface area contributed by atoms with E-state index < -0.39 is 5.54 Å². The number of amides is 1. The minimum Gasteiger partial charge on any atom is -0.318 e. The molecule has 0 saturated heterocycles. The predicted molar refractivity (Wildman–Crippen MR) is 56.2 cm³/mol.